The van der Waals surface area contributed by atoms with Gasteiger partial charge in [-0.25, -0.2) is 4.39 Å². The Morgan fingerprint density at radius 3 is 2.83 bits per heavy atom. The number of aromatic hydroxyl groups is 1. The fraction of sp³-hybridized carbons (Fsp3) is 0.111. The van der Waals surface area contributed by atoms with Gasteiger partial charge in [0.1, 0.15) is 17.1 Å². The maximum atomic E-state index is 12.9. The molecule has 0 amide bonds. The summed E-state index contributed by atoms with van der Waals surface area (Å²) < 4.78 is 12.9. The Kier molecular flexibility index (Phi) is 3.01. The molecule has 3 heteroatoms. The van der Waals surface area contributed by atoms with E-state index in [1.54, 1.807) is 0 Å². The highest BCUT2D eigenvalue weighted by molar-refractivity contribution is 7.80. The molecule has 0 fully saturated rings. The molecule has 0 unspecified atom stereocenters. The smallest absolute Gasteiger partial charge is 0.142 e. The summed E-state index contributed by atoms with van der Waals surface area (Å²) in [5.41, 5.74) is 0.0338. The molecule has 0 spiro atoms. The van der Waals surface area contributed by atoms with Gasteiger partial charge in [0.25, 0.3) is 0 Å². The molecular formula is C9H7FOS. The lowest BCUT2D eigenvalue weighted by molar-refractivity contribution is 0.467. The summed E-state index contributed by atoms with van der Waals surface area (Å²) in [5, 5.41) is 9.15. The predicted octanol–water partition coefficient (Wildman–Crippen LogP) is 1.81. The van der Waals surface area contributed by atoms with Crippen LogP contribution in [0.4, 0.5) is 4.39 Å². The van der Waals surface area contributed by atoms with E-state index in [1.807, 2.05) is 0 Å². The summed E-state index contributed by atoms with van der Waals surface area (Å²) in [5.74, 6) is 4.74. The first-order valence-electron chi connectivity index (χ1n) is 3.33. The van der Waals surface area contributed by atoms with Gasteiger partial charge in [-0.3, -0.25) is 0 Å². The van der Waals surface area contributed by atoms with Crippen molar-refractivity contribution in [3.05, 3.63) is 29.6 Å². The first-order valence-corrected chi connectivity index (χ1v) is 3.96. The topological polar surface area (TPSA) is 20.2 Å². The SMILES string of the molecule is Oc1cccc(F)c1C#CCS. The van der Waals surface area contributed by atoms with E-state index in [9.17, 15) is 4.39 Å². The van der Waals surface area contributed by atoms with E-state index in [0.717, 1.165) is 0 Å². The van der Waals surface area contributed by atoms with Crippen molar-refractivity contribution in [3.8, 4) is 17.6 Å². The number of hydrogen-bond acceptors (Lipinski definition) is 2. The Labute approximate surface area is 75.6 Å². The molecule has 1 N–H and O–H groups in total. The highest BCUT2D eigenvalue weighted by atomic mass is 32.1. The van der Waals surface area contributed by atoms with Gasteiger partial charge in [0, 0.05) is 0 Å². The lowest BCUT2D eigenvalue weighted by Crippen LogP contribution is -1.83. The molecule has 1 nitrogen and oxygen atoms in total. The predicted molar refractivity (Wildman–Crippen MR) is 48.8 cm³/mol. The standard InChI is InChI=1S/C9H7FOS/c10-8-4-1-5-9(11)7(8)3-2-6-12/h1,4-5,11-12H,6H2. The van der Waals surface area contributed by atoms with E-state index in [1.165, 1.54) is 18.2 Å². The number of phenolic OH excluding ortho intramolecular Hbond substituents is 1. The fourth-order valence-corrected chi connectivity index (χ4v) is 0.843. The molecule has 62 valence electrons. The molecule has 0 aliphatic rings. The molecular weight excluding hydrogens is 175 g/mol. The summed E-state index contributed by atoms with van der Waals surface area (Å²) >= 11 is 3.84. The van der Waals surface area contributed by atoms with Crippen LogP contribution in [-0.4, -0.2) is 10.9 Å². The van der Waals surface area contributed by atoms with Crippen molar-refractivity contribution in [2.75, 3.05) is 5.75 Å². The van der Waals surface area contributed by atoms with Crippen molar-refractivity contribution < 1.29 is 9.50 Å². The Hall–Kier alpha value is -1.14. The van der Waals surface area contributed by atoms with Gasteiger partial charge in [-0.05, 0) is 12.1 Å². The zero-order chi connectivity index (χ0) is 8.97. The minimum atomic E-state index is -0.510. The third kappa shape index (κ3) is 1.93. The summed E-state index contributed by atoms with van der Waals surface area (Å²) in [6, 6.07) is 4.07. The van der Waals surface area contributed by atoms with Gasteiger partial charge < -0.3 is 5.11 Å². The van der Waals surface area contributed by atoms with E-state index in [0.29, 0.717) is 5.75 Å². The van der Waals surface area contributed by atoms with Crippen LogP contribution in [0.2, 0.25) is 0 Å². The molecule has 1 rings (SSSR count). The molecule has 0 saturated heterocycles. The molecule has 0 bridgehead atoms. The van der Waals surface area contributed by atoms with Gasteiger partial charge in [0.05, 0.1) is 5.75 Å². The second kappa shape index (κ2) is 4.03. The number of halogens is 1. The average Bonchev–Trinajstić information content (AvgIpc) is 2.04. The Balaban J connectivity index is 3.13. The molecule has 1 aromatic rings. The second-order valence-electron chi connectivity index (χ2n) is 2.09. The number of rotatable bonds is 0. The minimum absolute atomic E-state index is 0.0338. The van der Waals surface area contributed by atoms with Crippen molar-refractivity contribution in [2.45, 2.75) is 0 Å². The third-order valence-corrected chi connectivity index (χ3v) is 1.44. The van der Waals surface area contributed by atoms with Gasteiger partial charge in [0.15, 0.2) is 0 Å². The maximum absolute atomic E-state index is 12.9. The van der Waals surface area contributed by atoms with Crippen molar-refractivity contribution >= 4 is 12.6 Å². The third-order valence-electron chi connectivity index (χ3n) is 1.28. The summed E-state index contributed by atoms with van der Waals surface area (Å²) in [4.78, 5) is 0. The summed E-state index contributed by atoms with van der Waals surface area (Å²) in [6.45, 7) is 0. The van der Waals surface area contributed by atoms with Crippen LogP contribution in [0.15, 0.2) is 18.2 Å². The number of phenols is 1. The molecule has 0 aliphatic carbocycles. The van der Waals surface area contributed by atoms with Gasteiger partial charge in [-0.2, -0.15) is 12.6 Å². The minimum Gasteiger partial charge on any atom is -0.507 e. The van der Waals surface area contributed by atoms with Crippen molar-refractivity contribution in [1.82, 2.24) is 0 Å². The molecule has 1 aromatic carbocycles. The van der Waals surface area contributed by atoms with Crippen LogP contribution >= 0.6 is 12.6 Å². The van der Waals surface area contributed by atoms with Gasteiger partial charge in [0.2, 0.25) is 0 Å². The summed E-state index contributed by atoms with van der Waals surface area (Å²) in [7, 11) is 0. The largest absolute Gasteiger partial charge is 0.507 e. The van der Waals surface area contributed by atoms with Crippen molar-refractivity contribution in [3.63, 3.8) is 0 Å². The first kappa shape index (κ1) is 8.95. The van der Waals surface area contributed by atoms with Crippen LogP contribution in [0.1, 0.15) is 5.56 Å². The lowest BCUT2D eigenvalue weighted by atomic mass is 10.2. The van der Waals surface area contributed by atoms with Gasteiger partial charge in [-0.15, -0.1) is 0 Å². The quantitative estimate of drug-likeness (QED) is 0.463. The van der Waals surface area contributed by atoms with Gasteiger partial charge in [-0.1, -0.05) is 17.9 Å². The average molecular weight is 182 g/mol. The number of hydrogen-bond donors (Lipinski definition) is 2. The molecule has 12 heavy (non-hydrogen) atoms. The van der Waals surface area contributed by atoms with Gasteiger partial charge >= 0.3 is 0 Å². The molecule has 0 heterocycles. The van der Waals surface area contributed by atoms with Crippen molar-refractivity contribution in [2.24, 2.45) is 0 Å². The molecule has 0 saturated carbocycles. The maximum Gasteiger partial charge on any atom is 0.142 e. The highest BCUT2D eigenvalue weighted by Gasteiger charge is 2.02. The van der Waals surface area contributed by atoms with E-state index in [4.69, 9.17) is 5.11 Å². The van der Waals surface area contributed by atoms with E-state index in [-0.39, 0.29) is 11.3 Å². The van der Waals surface area contributed by atoms with E-state index >= 15 is 0 Å². The lowest BCUT2D eigenvalue weighted by Gasteiger charge is -1.96. The van der Waals surface area contributed by atoms with Crippen LogP contribution in [0.3, 0.4) is 0 Å². The zero-order valence-corrected chi connectivity index (χ0v) is 7.11. The van der Waals surface area contributed by atoms with Crippen LogP contribution < -0.4 is 0 Å². The molecule has 0 atom stereocenters. The summed E-state index contributed by atoms with van der Waals surface area (Å²) in [6.07, 6.45) is 0. The fourth-order valence-electron chi connectivity index (χ4n) is 0.764. The molecule has 0 radical (unpaired) electrons. The van der Waals surface area contributed by atoms with Crippen LogP contribution in [0.5, 0.6) is 5.75 Å². The van der Waals surface area contributed by atoms with E-state index in [2.05, 4.69) is 24.5 Å². The first-order chi connectivity index (χ1) is 5.75. The number of thiol groups is 1. The van der Waals surface area contributed by atoms with Crippen molar-refractivity contribution in [1.29, 1.82) is 0 Å². The zero-order valence-electron chi connectivity index (χ0n) is 6.21. The molecule has 0 aliphatic heterocycles. The van der Waals surface area contributed by atoms with Crippen LogP contribution in [0, 0.1) is 17.7 Å². The highest BCUT2D eigenvalue weighted by Crippen LogP contribution is 2.17. The van der Waals surface area contributed by atoms with Crippen LogP contribution in [0.25, 0.3) is 0 Å². The normalized spacial score (nSPS) is 8.83. The monoisotopic (exact) mass is 182 g/mol. The molecule has 0 aromatic heterocycles. The second-order valence-corrected chi connectivity index (χ2v) is 2.41. The van der Waals surface area contributed by atoms with Crippen LogP contribution in [-0.2, 0) is 0 Å². The van der Waals surface area contributed by atoms with E-state index < -0.39 is 5.82 Å². The number of benzene rings is 1. The Morgan fingerprint density at radius 1 is 1.50 bits per heavy atom. The Morgan fingerprint density at radius 2 is 2.25 bits per heavy atom. The Bertz CT molecular complexity index is 318.